The average Bonchev–Trinajstić information content (AvgIpc) is 2.54. The lowest BCUT2D eigenvalue weighted by molar-refractivity contribution is 0.0420. The molecule has 1 fully saturated rings. The van der Waals surface area contributed by atoms with Gasteiger partial charge in [-0.1, -0.05) is 17.7 Å². The van der Waals surface area contributed by atoms with Gasteiger partial charge in [-0.25, -0.2) is 0 Å². The maximum Gasteiger partial charge on any atom is 0.164 e. The summed E-state index contributed by atoms with van der Waals surface area (Å²) >= 11 is 0. The number of benzene rings is 1. The smallest absolute Gasteiger partial charge is 0.164 e. The molecule has 1 aliphatic heterocycles. The van der Waals surface area contributed by atoms with Crippen LogP contribution >= 0.6 is 0 Å². The second kappa shape index (κ2) is 6.50. The Balaban J connectivity index is 1.80. The molecule has 1 heterocycles. The Morgan fingerprint density at radius 3 is 2.62 bits per heavy atom. The summed E-state index contributed by atoms with van der Waals surface area (Å²) in [6.45, 7) is 4.84. The van der Waals surface area contributed by atoms with Crippen LogP contribution < -0.4 is 9.47 Å². The predicted octanol–water partition coefficient (Wildman–Crippen LogP) is 2.37. The van der Waals surface area contributed by atoms with E-state index in [0.29, 0.717) is 0 Å². The van der Waals surface area contributed by atoms with Gasteiger partial charge in [0.2, 0.25) is 0 Å². The van der Waals surface area contributed by atoms with Crippen LogP contribution in [0, 0.1) is 0 Å². The van der Waals surface area contributed by atoms with E-state index in [0.717, 1.165) is 57.2 Å². The normalized spacial score (nSPS) is 18.9. The third kappa shape index (κ3) is 3.06. The van der Waals surface area contributed by atoms with Crippen LogP contribution in [0.15, 0.2) is 17.7 Å². The molecular formula is C17H23NO3. The van der Waals surface area contributed by atoms with Crippen LogP contribution in [0.3, 0.4) is 0 Å². The molecule has 0 saturated carbocycles. The van der Waals surface area contributed by atoms with Gasteiger partial charge in [0.05, 0.1) is 27.4 Å². The minimum atomic E-state index is 0.821. The Morgan fingerprint density at radius 1 is 1.10 bits per heavy atom. The fourth-order valence-electron chi connectivity index (χ4n) is 3.15. The van der Waals surface area contributed by atoms with Crippen LogP contribution in [-0.4, -0.2) is 52.0 Å². The first kappa shape index (κ1) is 14.4. The average molecular weight is 289 g/mol. The maximum atomic E-state index is 5.54. The molecule has 1 aliphatic carbocycles. The highest BCUT2D eigenvalue weighted by Gasteiger charge is 2.20. The lowest BCUT2D eigenvalue weighted by atomic mass is 9.91. The second-order valence-corrected chi connectivity index (χ2v) is 5.56. The molecule has 0 aromatic heterocycles. The molecule has 0 spiro atoms. The molecule has 2 aliphatic rings. The Kier molecular flexibility index (Phi) is 4.46. The number of hydrogen-bond donors (Lipinski definition) is 0. The first-order valence-electron chi connectivity index (χ1n) is 7.55. The molecular weight excluding hydrogens is 266 g/mol. The largest absolute Gasteiger partial charge is 0.493 e. The Hall–Kier alpha value is -1.52. The van der Waals surface area contributed by atoms with E-state index < -0.39 is 0 Å². The van der Waals surface area contributed by atoms with Gasteiger partial charge >= 0.3 is 0 Å². The first-order valence-corrected chi connectivity index (χ1v) is 7.55. The Morgan fingerprint density at radius 2 is 1.90 bits per heavy atom. The summed E-state index contributed by atoms with van der Waals surface area (Å²) in [6.07, 6.45) is 4.43. The quantitative estimate of drug-likeness (QED) is 0.851. The molecule has 3 rings (SSSR count). The van der Waals surface area contributed by atoms with Crippen molar-refractivity contribution in [2.75, 3.05) is 47.1 Å². The number of methoxy groups -OCH3 is 2. The van der Waals surface area contributed by atoms with Gasteiger partial charge in [0.15, 0.2) is 11.5 Å². The van der Waals surface area contributed by atoms with E-state index in [1.54, 1.807) is 14.2 Å². The molecule has 0 atom stereocenters. The van der Waals surface area contributed by atoms with Crippen LogP contribution in [0.4, 0.5) is 0 Å². The zero-order valence-corrected chi connectivity index (χ0v) is 12.9. The number of morpholine rings is 1. The number of fused-ring (bicyclic) bond motifs is 1. The Labute approximate surface area is 126 Å². The summed E-state index contributed by atoms with van der Waals surface area (Å²) in [4.78, 5) is 2.47. The van der Waals surface area contributed by atoms with Crippen molar-refractivity contribution in [3.63, 3.8) is 0 Å². The van der Waals surface area contributed by atoms with Crippen molar-refractivity contribution in [3.05, 3.63) is 28.8 Å². The van der Waals surface area contributed by atoms with Gasteiger partial charge in [0.25, 0.3) is 0 Å². The number of nitrogens with zero attached hydrogens (tertiary/aromatic N) is 1. The van der Waals surface area contributed by atoms with Gasteiger partial charge in [-0.05, 0) is 24.5 Å². The minimum Gasteiger partial charge on any atom is -0.493 e. The summed E-state index contributed by atoms with van der Waals surface area (Å²) in [6, 6.07) is 4.13. The lowest BCUT2D eigenvalue weighted by Crippen LogP contribution is -2.37. The van der Waals surface area contributed by atoms with Gasteiger partial charge in [-0.15, -0.1) is 0 Å². The fourth-order valence-corrected chi connectivity index (χ4v) is 3.15. The molecule has 21 heavy (non-hydrogen) atoms. The van der Waals surface area contributed by atoms with Gasteiger partial charge in [0.1, 0.15) is 0 Å². The van der Waals surface area contributed by atoms with Crippen LogP contribution in [0.5, 0.6) is 11.5 Å². The molecule has 0 amide bonds. The summed E-state index contributed by atoms with van der Waals surface area (Å²) in [5.41, 5.74) is 4.03. The third-order valence-corrected chi connectivity index (χ3v) is 4.27. The molecule has 0 N–H and O–H groups in total. The predicted molar refractivity (Wildman–Crippen MR) is 83.1 cm³/mol. The topological polar surface area (TPSA) is 30.9 Å². The van der Waals surface area contributed by atoms with Crippen LogP contribution in [0.1, 0.15) is 17.5 Å². The van der Waals surface area contributed by atoms with Crippen molar-refractivity contribution < 1.29 is 14.2 Å². The maximum absolute atomic E-state index is 5.54. The van der Waals surface area contributed by atoms with E-state index >= 15 is 0 Å². The fraction of sp³-hybridized carbons (Fsp3) is 0.529. The van der Waals surface area contributed by atoms with Gasteiger partial charge in [-0.3, -0.25) is 4.90 Å². The highest BCUT2D eigenvalue weighted by atomic mass is 16.5. The highest BCUT2D eigenvalue weighted by molar-refractivity contribution is 5.66. The van der Waals surface area contributed by atoms with E-state index in [2.05, 4.69) is 17.0 Å². The van der Waals surface area contributed by atoms with Gasteiger partial charge < -0.3 is 14.2 Å². The van der Waals surface area contributed by atoms with E-state index in [9.17, 15) is 0 Å². The second-order valence-electron chi connectivity index (χ2n) is 5.56. The van der Waals surface area contributed by atoms with E-state index in [4.69, 9.17) is 14.2 Å². The summed E-state index contributed by atoms with van der Waals surface area (Å²) in [5, 5.41) is 0. The van der Waals surface area contributed by atoms with Crippen molar-refractivity contribution in [1.29, 1.82) is 0 Å². The SMILES string of the molecule is COc1ccc2c(c1OC)CCC(CN1CCOCC1)=C2. The van der Waals surface area contributed by atoms with Gasteiger partial charge in [-0.2, -0.15) is 0 Å². The molecule has 4 heteroatoms. The van der Waals surface area contributed by atoms with Crippen molar-refractivity contribution in [1.82, 2.24) is 4.90 Å². The molecule has 1 aromatic carbocycles. The van der Waals surface area contributed by atoms with Crippen molar-refractivity contribution in [2.24, 2.45) is 0 Å². The third-order valence-electron chi connectivity index (χ3n) is 4.27. The summed E-state index contributed by atoms with van der Waals surface area (Å²) in [7, 11) is 3.40. The van der Waals surface area contributed by atoms with E-state index in [1.165, 1.54) is 16.7 Å². The van der Waals surface area contributed by atoms with Crippen molar-refractivity contribution >= 4 is 6.08 Å². The zero-order valence-electron chi connectivity index (χ0n) is 12.9. The molecule has 114 valence electrons. The Bertz CT molecular complexity index is 533. The molecule has 4 nitrogen and oxygen atoms in total. The van der Waals surface area contributed by atoms with E-state index in [1.807, 2.05) is 6.07 Å². The van der Waals surface area contributed by atoms with Crippen LogP contribution in [0.2, 0.25) is 0 Å². The monoisotopic (exact) mass is 289 g/mol. The standard InChI is InChI=1S/C17H23NO3/c1-19-16-6-4-14-11-13(3-5-15(14)17(16)20-2)12-18-7-9-21-10-8-18/h4,6,11H,3,5,7-10,12H2,1-2H3. The number of rotatable bonds is 4. The summed E-state index contributed by atoms with van der Waals surface area (Å²) in [5.74, 6) is 1.71. The van der Waals surface area contributed by atoms with Gasteiger partial charge in [0, 0.05) is 25.2 Å². The summed E-state index contributed by atoms with van der Waals surface area (Å²) < 4.78 is 16.3. The van der Waals surface area contributed by atoms with E-state index in [-0.39, 0.29) is 0 Å². The molecule has 0 radical (unpaired) electrons. The molecule has 1 saturated heterocycles. The molecule has 0 bridgehead atoms. The highest BCUT2D eigenvalue weighted by Crippen LogP contribution is 2.38. The lowest BCUT2D eigenvalue weighted by Gasteiger charge is -2.29. The van der Waals surface area contributed by atoms with Crippen molar-refractivity contribution in [2.45, 2.75) is 12.8 Å². The van der Waals surface area contributed by atoms with Crippen LogP contribution in [-0.2, 0) is 11.2 Å². The number of hydrogen-bond acceptors (Lipinski definition) is 4. The zero-order chi connectivity index (χ0) is 14.7. The first-order chi connectivity index (χ1) is 10.3. The van der Waals surface area contributed by atoms with Crippen LogP contribution in [0.25, 0.3) is 6.08 Å². The molecule has 0 unspecified atom stereocenters. The number of ether oxygens (including phenoxy) is 3. The molecule has 1 aromatic rings. The van der Waals surface area contributed by atoms with Crippen molar-refractivity contribution in [3.8, 4) is 11.5 Å². The minimum absolute atomic E-state index is 0.821.